The molecular weight excluding hydrogens is 223 g/mol. The van der Waals surface area contributed by atoms with Gasteiger partial charge in [0.1, 0.15) is 5.82 Å². The number of hydrogen-bond donors (Lipinski definition) is 3. The van der Waals surface area contributed by atoms with Crippen LogP contribution in [0.15, 0.2) is 18.2 Å². The Hall–Kier alpha value is -1.62. The van der Waals surface area contributed by atoms with Crippen molar-refractivity contribution in [3.8, 4) is 0 Å². The van der Waals surface area contributed by atoms with Crippen molar-refractivity contribution in [3.63, 3.8) is 0 Å². The zero-order valence-corrected chi connectivity index (χ0v) is 9.96. The Kier molecular flexibility index (Phi) is 4.07. The molecule has 0 unspecified atom stereocenters. The number of amides is 1. The van der Waals surface area contributed by atoms with Gasteiger partial charge >= 0.3 is 0 Å². The van der Waals surface area contributed by atoms with E-state index in [1.807, 2.05) is 13.8 Å². The first-order valence-electron chi connectivity index (χ1n) is 5.30. The predicted octanol–water partition coefficient (Wildman–Crippen LogP) is 1.35. The van der Waals surface area contributed by atoms with Crippen LogP contribution in [0.2, 0.25) is 0 Å². The number of primary amides is 1. The van der Waals surface area contributed by atoms with Crippen LogP contribution in [0.5, 0.6) is 0 Å². The van der Waals surface area contributed by atoms with Crippen molar-refractivity contribution in [2.45, 2.75) is 13.8 Å². The molecule has 0 aliphatic rings. The van der Waals surface area contributed by atoms with Crippen LogP contribution in [0.1, 0.15) is 24.2 Å². The average molecular weight is 240 g/mol. The summed E-state index contributed by atoms with van der Waals surface area (Å²) in [6.07, 6.45) is 0. The van der Waals surface area contributed by atoms with Crippen LogP contribution in [0.4, 0.5) is 10.1 Å². The van der Waals surface area contributed by atoms with E-state index in [9.17, 15) is 9.18 Å². The fourth-order valence-corrected chi connectivity index (χ4v) is 1.20. The molecule has 1 amide bonds. The SMILES string of the molecule is CC(C)(CO)CNc1cc(C(N)=O)ccc1F. The molecule has 0 bridgehead atoms. The number of nitrogens with one attached hydrogen (secondary N) is 1. The van der Waals surface area contributed by atoms with E-state index >= 15 is 0 Å². The Labute approximate surface area is 99.6 Å². The van der Waals surface area contributed by atoms with Crippen molar-refractivity contribution in [3.05, 3.63) is 29.6 Å². The molecule has 17 heavy (non-hydrogen) atoms. The first kappa shape index (κ1) is 13.4. The predicted molar refractivity (Wildman–Crippen MR) is 64.3 cm³/mol. The third kappa shape index (κ3) is 3.71. The van der Waals surface area contributed by atoms with Crippen molar-refractivity contribution >= 4 is 11.6 Å². The lowest BCUT2D eigenvalue weighted by Crippen LogP contribution is -2.27. The van der Waals surface area contributed by atoms with Gasteiger partial charge in [0.15, 0.2) is 0 Å². The van der Waals surface area contributed by atoms with Gasteiger partial charge in [-0.1, -0.05) is 13.8 Å². The number of nitrogens with two attached hydrogens (primary N) is 1. The maximum absolute atomic E-state index is 13.4. The molecule has 0 aromatic heterocycles. The molecule has 5 heteroatoms. The highest BCUT2D eigenvalue weighted by molar-refractivity contribution is 5.93. The number of carbonyl (C=O) groups excluding carboxylic acids is 1. The lowest BCUT2D eigenvalue weighted by Gasteiger charge is -2.22. The minimum atomic E-state index is -0.602. The molecule has 0 atom stereocenters. The normalized spacial score (nSPS) is 11.3. The largest absolute Gasteiger partial charge is 0.396 e. The quantitative estimate of drug-likeness (QED) is 0.727. The van der Waals surface area contributed by atoms with E-state index < -0.39 is 11.7 Å². The van der Waals surface area contributed by atoms with E-state index in [4.69, 9.17) is 10.8 Å². The van der Waals surface area contributed by atoms with E-state index in [0.717, 1.165) is 0 Å². The average Bonchev–Trinajstić information content (AvgIpc) is 2.27. The third-order valence-corrected chi connectivity index (χ3v) is 2.44. The Morgan fingerprint density at radius 1 is 1.53 bits per heavy atom. The smallest absolute Gasteiger partial charge is 0.248 e. The first-order valence-corrected chi connectivity index (χ1v) is 5.30. The summed E-state index contributed by atoms with van der Waals surface area (Å²) in [7, 11) is 0. The van der Waals surface area contributed by atoms with Gasteiger partial charge in [0.2, 0.25) is 5.91 Å². The minimum absolute atomic E-state index is 0.0167. The highest BCUT2D eigenvalue weighted by Crippen LogP contribution is 2.19. The number of benzene rings is 1. The Morgan fingerprint density at radius 2 is 2.18 bits per heavy atom. The van der Waals surface area contributed by atoms with Gasteiger partial charge in [-0.05, 0) is 18.2 Å². The Bertz CT molecular complexity index is 419. The van der Waals surface area contributed by atoms with Crippen molar-refractivity contribution in [1.82, 2.24) is 0 Å². The maximum Gasteiger partial charge on any atom is 0.248 e. The number of aliphatic hydroxyl groups is 1. The molecular formula is C12H17FN2O2. The lowest BCUT2D eigenvalue weighted by molar-refractivity contribution is 0.100. The van der Waals surface area contributed by atoms with Crippen molar-refractivity contribution < 1.29 is 14.3 Å². The van der Waals surface area contributed by atoms with Crippen molar-refractivity contribution in [2.24, 2.45) is 11.1 Å². The second-order valence-corrected chi connectivity index (χ2v) is 4.73. The van der Waals surface area contributed by atoms with Gasteiger partial charge in [0.05, 0.1) is 5.69 Å². The standard InChI is InChI=1S/C12H17FN2O2/c1-12(2,7-16)6-15-10-5-8(11(14)17)3-4-9(10)13/h3-5,15-16H,6-7H2,1-2H3,(H2,14,17). The molecule has 0 radical (unpaired) electrons. The summed E-state index contributed by atoms with van der Waals surface area (Å²) in [5.41, 5.74) is 5.20. The van der Waals surface area contributed by atoms with Gasteiger partial charge in [-0.3, -0.25) is 4.79 Å². The molecule has 0 saturated carbocycles. The van der Waals surface area contributed by atoms with Gasteiger partial charge in [0, 0.05) is 24.1 Å². The number of hydrogen-bond acceptors (Lipinski definition) is 3. The highest BCUT2D eigenvalue weighted by Gasteiger charge is 2.17. The molecule has 1 aromatic rings. The molecule has 1 rings (SSSR count). The van der Waals surface area contributed by atoms with E-state index in [1.165, 1.54) is 18.2 Å². The first-order chi connectivity index (χ1) is 7.85. The van der Waals surface area contributed by atoms with Crippen LogP contribution >= 0.6 is 0 Å². The molecule has 0 spiro atoms. The van der Waals surface area contributed by atoms with Gasteiger partial charge in [-0.15, -0.1) is 0 Å². The lowest BCUT2D eigenvalue weighted by atomic mass is 9.95. The number of carbonyl (C=O) groups is 1. The van der Waals surface area contributed by atoms with E-state index in [0.29, 0.717) is 6.54 Å². The van der Waals surface area contributed by atoms with Gasteiger partial charge in [0.25, 0.3) is 0 Å². The maximum atomic E-state index is 13.4. The van der Waals surface area contributed by atoms with Crippen LogP contribution in [0.25, 0.3) is 0 Å². The fourth-order valence-electron chi connectivity index (χ4n) is 1.20. The van der Waals surface area contributed by atoms with Gasteiger partial charge in [-0.25, -0.2) is 4.39 Å². The van der Waals surface area contributed by atoms with Crippen LogP contribution in [-0.2, 0) is 0 Å². The Morgan fingerprint density at radius 3 is 2.71 bits per heavy atom. The topological polar surface area (TPSA) is 75.3 Å². The monoisotopic (exact) mass is 240 g/mol. The summed E-state index contributed by atoms with van der Waals surface area (Å²) >= 11 is 0. The Balaban J connectivity index is 2.83. The second kappa shape index (κ2) is 5.14. The molecule has 4 N–H and O–H groups in total. The minimum Gasteiger partial charge on any atom is -0.396 e. The molecule has 0 heterocycles. The summed E-state index contributed by atoms with van der Waals surface area (Å²) < 4.78 is 13.4. The van der Waals surface area contributed by atoms with Crippen LogP contribution < -0.4 is 11.1 Å². The van der Waals surface area contributed by atoms with Gasteiger partial charge in [-0.2, -0.15) is 0 Å². The number of anilines is 1. The third-order valence-electron chi connectivity index (χ3n) is 2.44. The van der Waals surface area contributed by atoms with E-state index in [-0.39, 0.29) is 23.3 Å². The molecule has 4 nitrogen and oxygen atoms in total. The molecule has 0 fully saturated rings. The second-order valence-electron chi connectivity index (χ2n) is 4.73. The highest BCUT2D eigenvalue weighted by atomic mass is 19.1. The molecule has 1 aromatic carbocycles. The molecule has 0 saturated heterocycles. The van der Waals surface area contributed by atoms with E-state index in [1.54, 1.807) is 0 Å². The number of halogens is 1. The van der Waals surface area contributed by atoms with E-state index in [2.05, 4.69) is 5.32 Å². The van der Waals surface area contributed by atoms with Crippen LogP contribution in [0.3, 0.4) is 0 Å². The summed E-state index contributed by atoms with van der Waals surface area (Å²) in [6.45, 7) is 4.06. The summed E-state index contributed by atoms with van der Waals surface area (Å²) in [5, 5.41) is 11.9. The van der Waals surface area contributed by atoms with Gasteiger partial charge < -0.3 is 16.2 Å². The van der Waals surface area contributed by atoms with Crippen molar-refractivity contribution in [2.75, 3.05) is 18.5 Å². The molecule has 94 valence electrons. The van der Waals surface area contributed by atoms with Crippen LogP contribution in [0, 0.1) is 11.2 Å². The summed E-state index contributed by atoms with van der Waals surface area (Å²) in [6, 6.07) is 3.89. The summed E-state index contributed by atoms with van der Waals surface area (Å²) in [4.78, 5) is 11.0. The molecule has 0 aliphatic heterocycles. The number of aliphatic hydroxyl groups excluding tert-OH is 1. The fraction of sp³-hybridized carbons (Fsp3) is 0.417. The van der Waals surface area contributed by atoms with Crippen molar-refractivity contribution in [1.29, 1.82) is 0 Å². The zero-order chi connectivity index (χ0) is 13.1. The number of rotatable bonds is 5. The molecule has 0 aliphatic carbocycles. The van der Waals surface area contributed by atoms with Crippen LogP contribution in [-0.4, -0.2) is 24.2 Å². The zero-order valence-electron chi connectivity index (χ0n) is 9.96. The summed E-state index contributed by atoms with van der Waals surface area (Å²) in [5.74, 6) is -1.06.